The van der Waals surface area contributed by atoms with Gasteiger partial charge < -0.3 is 5.11 Å². The molecule has 0 saturated heterocycles. The molecule has 0 radical (unpaired) electrons. The summed E-state index contributed by atoms with van der Waals surface area (Å²) in [6.45, 7) is 0. The number of aromatic nitrogens is 1. The maximum Gasteiger partial charge on any atom is 0.303 e. The Kier molecular flexibility index (Phi) is 5.32. The fourth-order valence-electron chi connectivity index (χ4n) is 2.56. The minimum atomic E-state index is -0.929. The molecule has 8 nitrogen and oxygen atoms in total. The van der Waals surface area contributed by atoms with Gasteiger partial charge in [-0.15, -0.1) is 11.3 Å². The summed E-state index contributed by atoms with van der Waals surface area (Å²) in [6.07, 6.45) is 0.183. The minimum Gasteiger partial charge on any atom is -0.481 e. The van der Waals surface area contributed by atoms with Crippen LogP contribution in [-0.4, -0.2) is 26.6 Å². The molecule has 2 aromatic heterocycles. The third-order valence-electron chi connectivity index (χ3n) is 3.88. The van der Waals surface area contributed by atoms with Crippen LogP contribution in [0.2, 0.25) is 0 Å². The Morgan fingerprint density at radius 3 is 2.48 bits per heavy atom. The molecule has 27 heavy (non-hydrogen) atoms. The molecule has 0 atom stereocenters. The normalized spacial score (nSPS) is 10.5. The van der Waals surface area contributed by atoms with Crippen LogP contribution in [0.15, 0.2) is 53.9 Å². The van der Waals surface area contributed by atoms with Gasteiger partial charge in [-0.3, -0.25) is 29.8 Å². The van der Waals surface area contributed by atoms with Gasteiger partial charge in [0.15, 0.2) is 0 Å². The number of rotatable bonds is 7. The highest BCUT2D eigenvalue weighted by Gasteiger charge is 2.16. The number of nitro benzene ring substituents is 1. The Morgan fingerprint density at radius 2 is 1.89 bits per heavy atom. The quantitative estimate of drug-likeness (QED) is 0.477. The molecule has 0 aliphatic carbocycles. The van der Waals surface area contributed by atoms with Crippen molar-refractivity contribution in [2.75, 3.05) is 5.43 Å². The Labute approximate surface area is 157 Å². The van der Waals surface area contributed by atoms with Crippen LogP contribution in [0, 0.1) is 10.1 Å². The molecular formula is C18H15N3O5S. The van der Waals surface area contributed by atoms with Gasteiger partial charge in [0.1, 0.15) is 0 Å². The largest absolute Gasteiger partial charge is 0.481 e. The van der Waals surface area contributed by atoms with Crippen LogP contribution >= 0.6 is 11.3 Å². The fraction of sp³-hybridized carbons (Fsp3) is 0.111. The van der Waals surface area contributed by atoms with E-state index in [-0.39, 0.29) is 24.1 Å². The van der Waals surface area contributed by atoms with E-state index in [4.69, 9.17) is 5.11 Å². The summed E-state index contributed by atoms with van der Waals surface area (Å²) >= 11 is 1.49. The van der Waals surface area contributed by atoms with Crippen molar-refractivity contribution >= 4 is 28.9 Å². The number of non-ortho nitro benzene ring substituents is 1. The molecule has 3 rings (SSSR count). The van der Waals surface area contributed by atoms with E-state index in [9.17, 15) is 19.7 Å². The van der Waals surface area contributed by atoms with Gasteiger partial charge in [0, 0.05) is 29.8 Å². The second-order valence-electron chi connectivity index (χ2n) is 5.66. The number of thiophene rings is 1. The lowest BCUT2D eigenvalue weighted by Gasteiger charge is -2.14. The predicted octanol–water partition coefficient (Wildman–Crippen LogP) is 3.53. The maximum atomic E-state index is 12.6. The van der Waals surface area contributed by atoms with Gasteiger partial charge in [-0.2, -0.15) is 0 Å². The molecule has 0 unspecified atom stereocenters. The third-order valence-corrected chi connectivity index (χ3v) is 4.78. The number of carboxylic acids is 1. The zero-order chi connectivity index (χ0) is 19.4. The van der Waals surface area contributed by atoms with Crippen molar-refractivity contribution in [2.24, 2.45) is 0 Å². The van der Waals surface area contributed by atoms with Gasteiger partial charge in [-0.25, -0.2) is 0 Å². The van der Waals surface area contributed by atoms with Crippen molar-refractivity contribution in [3.63, 3.8) is 0 Å². The number of carbonyl (C=O) groups excluding carboxylic acids is 1. The molecule has 9 heteroatoms. The highest BCUT2D eigenvalue weighted by atomic mass is 32.1. The van der Waals surface area contributed by atoms with E-state index in [2.05, 4.69) is 5.43 Å². The van der Waals surface area contributed by atoms with Crippen LogP contribution < -0.4 is 5.43 Å². The topological polar surface area (TPSA) is 114 Å². The average Bonchev–Trinajstić information content (AvgIpc) is 3.29. The molecule has 2 N–H and O–H groups in total. The summed E-state index contributed by atoms with van der Waals surface area (Å²) in [5.41, 5.74) is 4.30. The first-order valence-electron chi connectivity index (χ1n) is 7.98. The summed E-state index contributed by atoms with van der Waals surface area (Å²) in [4.78, 5) is 34.6. The predicted molar refractivity (Wildman–Crippen MR) is 100 cm³/mol. The first-order chi connectivity index (χ1) is 13.0. The van der Waals surface area contributed by atoms with Crippen molar-refractivity contribution in [1.29, 1.82) is 0 Å². The molecule has 0 aliphatic heterocycles. The number of amides is 1. The number of carbonyl (C=O) groups is 2. The van der Waals surface area contributed by atoms with E-state index in [1.165, 1.54) is 35.6 Å². The SMILES string of the molecule is O=C(O)CCc1ccc(-c2cccs2)n1NC(=O)c1ccc([N+](=O)[O-])cc1. The van der Waals surface area contributed by atoms with Crippen LogP contribution in [-0.2, 0) is 11.2 Å². The number of nitro groups is 1. The number of nitrogens with zero attached hydrogens (tertiary/aromatic N) is 2. The first kappa shape index (κ1) is 18.3. The Hall–Kier alpha value is -3.46. The van der Waals surface area contributed by atoms with Crippen LogP contribution in [0.3, 0.4) is 0 Å². The zero-order valence-electron chi connectivity index (χ0n) is 14.0. The second-order valence-corrected chi connectivity index (χ2v) is 6.61. The summed E-state index contributed by atoms with van der Waals surface area (Å²) in [5.74, 6) is -1.38. The molecule has 0 spiro atoms. The minimum absolute atomic E-state index is 0.0682. The van der Waals surface area contributed by atoms with E-state index in [0.717, 1.165) is 10.6 Å². The molecular weight excluding hydrogens is 370 g/mol. The van der Waals surface area contributed by atoms with Gasteiger partial charge in [-0.1, -0.05) is 6.07 Å². The highest BCUT2D eigenvalue weighted by Crippen LogP contribution is 2.27. The summed E-state index contributed by atoms with van der Waals surface area (Å²) in [7, 11) is 0. The lowest BCUT2D eigenvalue weighted by atomic mass is 10.2. The molecule has 0 fully saturated rings. The Bertz CT molecular complexity index is 977. The molecule has 1 aromatic carbocycles. The van der Waals surface area contributed by atoms with Gasteiger partial charge in [0.05, 0.1) is 21.9 Å². The molecule has 138 valence electrons. The molecule has 0 aliphatic rings. The summed E-state index contributed by atoms with van der Waals surface area (Å²) < 4.78 is 1.57. The second kappa shape index (κ2) is 7.83. The number of carboxylic acid groups (broad SMARTS) is 1. The van der Waals surface area contributed by atoms with Crippen molar-refractivity contribution in [3.8, 4) is 10.6 Å². The maximum absolute atomic E-state index is 12.6. The third kappa shape index (κ3) is 4.21. The standard InChI is InChI=1S/C18H15N3O5S/c22-17(23)10-8-13-7-9-15(16-2-1-11-27-16)20(13)19-18(24)12-3-5-14(6-4-12)21(25)26/h1-7,9,11H,8,10H2,(H,19,24)(H,22,23). The monoisotopic (exact) mass is 385 g/mol. The zero-order valence-corrected chi connectivity index (χ0v) is 14.8. The van der Waals surface area contributed by atoms with Crippen LogP contribution in [0.4, 0.5) is 5.69 Å². The molecule has 1 amide bonds. The Morgan fingerprint density at radius 1 is 1.15 bits per heavy atom. The summed E-state index contributed by atoms with van der Waals surface area (Å²) in [6, 6.07) is 12.6. The van der Waals surface area contributed by atoms with E-state index in [1.54, 1.807) is 10.7 Å². The number of aryl methyl sites for hydroxylation is 1. The van der Waals surface area contributed by atoms with E-state index in [1.807, 2.05) is 23.6 Å². The highest BCUT2D eigenvalue weighted by molar-refractivity contribution is 7.13. The van der Waals surface area contributed by atoms with E-state index >= 15 is 0 Å². The van der Waals surface area contributed by atoms with Crippen LogP contribution in [0.1, 0.15) is 22.5 Å². The van der Waals surface area contributed by atoms with Crippen molar-refractivity contribution in [2.45, 2.75) is 12.8 Å². The van der Waals surface area contributed by atoms with E-state index < -0.39 is 16.8 Å². The van der Waals surface area contributed by atoms with Gasteiger partial charge in [0.2, 0.25) is 0 Å². The van der Waals surface area contributed by atoms with Crippen LogP contribution in [0.5, 0.6) is 0 Å². The number of aliphatic carboxylic acids is 1. The molecule has 0 saturated carbocycles. The molecule has 2 heterocycles. The van der Waals surface area contributed by atoms with E-state index in [0.29, 0.717) is 5.69 Å². The van der Waals surface area contributed by atoms with Crippen molar-refractivity contribution in [1.82, 2.24) is 4.68 Å². The van der Waals surface area contributed by atoms with Crippen molar-refractivity contribution in [3.05, 3.63) is 75.3 Å². The van der Waals surface area contributed by atoms with Crippen LogP contribution in [0.25, 0.3) is 10.6 Å². The molecule has 3 aromatic rings. The Balaban J connectivity index is 1.89. The van der Waals surface area contributed by atoms with Gasteiger partial charge >= 0.3 is 5.97 Å². The number of benzene rings is 1. The number of hydrogen-bond acceptors (Lipinski definition) is 5. The number of hydrogen-bond donors (Lipinski definition) is 2. The van der Waals surface area contributed by atoms with Gasteiger partial charge in [0.25, 0.3) is 11.6 Å². The number of nitrogens with one attached hydrogen (secondary N) is 1. The lowest BCUT2D eigenvalue weighted by Crippen LogP contribution is -2.25. The van der Waals surface area contributed by atoms with Gasteiger partial charge in [-0.05, 0) is 35.7 Å². The average molecular weight is 385 g/mol. The first-order valence-corrected chi connectivity index (χ1v) is 8.86. The summed E-state index contributed by atoms with van der Waals surface area (Å²) in [5, 5.41) is 21.6. The lowest BCUT2D eigenvalue weighted by molar-refractivity contribution is -0.384. The fourth-order valence-corrected chi connectivity index (χ4v) is 3.30. The molecule has 0 bridgehead atoms. The van der Waals surface area contributed by atoms with Crippen molar-refractivity contribution < 1.29 is 19.6 Å². The smallest absolute Gasteiger partial charge is 0.303 e.